The van der Waals surface area contributed by atoms with Crippen molar-refractivity contribution in [2.24, 2.45) is 0 Å². The molecule has 2 atom stereocenters. The van der Waals surface area contributed by atoms with E-state index in [0.29, 0.717) is 29.2 Å². The fraction of sp³-hybridized carbons (Fsp3) is 0.358. The number of carbonyl (C=O) groups excluding carboxylic acids is 4. The zero-order valence-electron chi connectivity index (χ0n) is 38.0. The summed E-state index contributed by atoms with van der Waals surface area (Å²) in [6, 6.07) is 32.3. The molecule has 0 spiro atoms. The van der Waals surface area contributed by atoms with Crippen molar-refractivity contribution in [2.45, 2.75) is 109 Å². The van der Waals surface area contributed by atoms with Gasteiger partial charge in [-0.3, -0.25) is 19.4 Å². The number of hydrazine groups is 1. The van der Waals surface area contributed by atoms with Crippen molar-refractivity contribution in [3.05, 3.63) is 150 Å². The lowest BCUT2D eigenvalue weighted by molar-refractivity contribution is -0.193. The van der Waals surface area contributed by atoms with E-state index in [1.165, 1.54) is 55.7 Å². The Kier molecular flexibility index (Phi) is 15.7. The Hall–Kier alpha value is -6.93. The molecule has 8 rings (SSSR count). The highest BCUT2D eigenvalue weighted by atomic mass is 19.1. The lowest BCUT2D eigenvalue weighted by Gasteiger charge is -2.55. The molecule has 13 nitrogen and oxygen atoms in total. The topological polar surface area (TPSA) is 141 Å². The largest absolute Gasteiger partial charge is 0.427 e. The molecule has 67 heavy (non-hydrogen) atoms. The lowest BCUT2D eigenvalue weighted by Crippen LogP contribution is -2.76. The molecule has 0 bridgehead atoms. The van der Waals surface area contributed by atoms with Gasteiger partial charge in [0.2, 0.25) is 11.8 Å². The molecule has 4 heterocycles. The van der Waals surface area contributed by atoms with Crippen LogP contribution >= 0.6 is 0 Å². The second kappa shape index (κ2) is 22.5. The van der Waals surface area contributed by atoms with Crippen LogP contribution in [0.1, 0.15) is 93.6 Å². The molecule has 0 saturated carbocycles. The number of pyridine rings is 1. The van der Waals surface area contributed by atoms with Crippen molar-refractivity contribution >= 4 is 34.7 Å². The third-order valence-electron chi connectivity index (χ3n) is 12.5. The zero-order valence-corrected chi connectivity index (χ0v) is 38.0. The first-order valence-corrected chi connectivity index (χ1v) is 23.5. The molecule has 2 aliphatic rings. The summed E-state index contributed by atoms with van der Waals surface area (Å²) in [4.78, 5) is 64.7. The second-order valence-electron chi connectivity index (χ2n) is 17.4. The minimum atomic E-state index is -0.985. The van der Waals surface area contributed by atoms with Gasteiger partial charge >= 0.3 is 12.0 Å². The van der Waals surface area contributed by atoms with Crippen molar-refractivity contribution in [3.8, 4) is 17.0 Å². The molecule has 0 aliphatic carbocycles. The molecule has 2 saturated heterocycles. The van der Waals surface area contributed by atoms with Gasteiger partial charge in [0.15, 0.2) is 5.76 Å². The molecule has 2 fully saturated rings. The molecule has 2 aliphatic heterocycles. The summed E-state index contributed by atoms with van der Waals surface area (Å²) < 4.78 is 25.2. The summed E-state index contributed by atoms with van der Waals surface area (Å²) in [5, 5.41) is 11.3. The Morgan fingerprint density at radius 2 is 1.55 bits per heavy atom. The van der Waals surface area contributed by atoms with Gasteiger partial charge in [0, 0.05) is 49.1 Å². The van der Waals surface area contributed by atoms with Gasteiger partial charge in [-0.1, -0.05) is 124 Å². The number of hydrogen-bond donors (Lipinski definition) is 1. The fourth-order valence-electron chi connectivity index (χ4n) is 9.04. The number of ether oxygens (including phenoxy) is 1. The number of halogens is 1. The summed E-state index contributed by atoms with van der Waals surface area (Å²) in [7, 11) is 0. The third-order valence-corrected chi connectivity index (χ3v) is 12.5. The highest BCUT2D eigenvalue weighted by molar-refractivity contribution is 5.92. The first-order valence-electron chi connectivity index (χ1n) is 23.5. The molecule has 6 aromatic rings. The average molecular weight is 908 g/mol. The zero-order chi connectivity index (χ0) is 46.5. The SMILES string of the molecule is CCCCCCCCCCCC(=O)Oc1ccc(C[C@H]2C(=O)N(Cc3cccc4ncccc34)C[C@H]3N2C(=O)CN(Cc2cc(-c4ccc(F)cc4)no2)N3C(=O)NCc2ccccc2)cc1. The van der Waals surface area contributed by atoms with Crippen LogP contribution in [0.15, 0.2) is 126 Å². The van der Waals surface area contributed by atoms with Crippen LogP contribution in [0.2, 0.25) is 0 Å². The highest BCUT2D eigenvalue weighted by Gasteiger charge is 2.51. The van der Waals surface area contributed by atoms with Gasteiger partial charge in [0.1, 0.15) is 29.5 Å². The van der Waals surface area contributed by atoms with Gasteiger partial charge in [-0.2, -0.15) is 5.01 Å². The fourth-order valence-corrected chi connectivity index (χ4v) is 9.04. The van der Waals surface area contributed by atoms with Gasteiger partial charge in [0.25, 0.3) is 0 Å². The number of amides is 4. The average Bonchev–Trinajstić information content (AvgIpc) is 3.81. The minimum absolute atomic E-state index is 0.00402. The van der Waals surface area contributed by atoms with E-state index in [9.17, 15) is 23.6 Å². The van der Waals surface area contributed by atoms with Crippen LogP contribution < -0.4 is 10.1 Å². The normalized spacial score (nSPS) is 16.4. The van der Waals surface area contributed by atoms with Crippen molar-refractivity contribution in [2.75, 3.05) is 13.1 Å². The molecular weight excluding hydrogens is 850 g/mol. The maximum atomic E-state index is 14.9. The highest BCUT2D eigenvalue weighted by Crippen LogP contribution is 2.32. The number of nitrogens with zero attached hydrogens (tertiary/aromatic N) is 6. The van der Waals surface area contributed by atoms with E-state index in [-0.39, 0.29) is 62.7 Å². The Morgan fingerprint density at radius 3 is 2.31 bits per heavy atom. The standard InChI is InChI=1S/C53H58FN7O6/c1-2-3-4-5-6-7-8-9-13-21-51(63)66-43-28-22-38(23-29-43)31-48-52(64)58(34-41-18-14-20-46-45(41)19-15-30-55-46)36-49-60(48)50(62)37-59(61(49)53(65)56-33-39-16-11-10-12-17-39)35-44-32-47(57-67-44)40-24-26-42(54)27-25-40/h10-12,14-20,22-30,32,48-49H,2-9,13,21,31,33-37H2,1H3,(H,56,65)/t48-,49-/m0/s1. The lowest BCUT2D eigenvalue weighted by atomic mass is 9.97. The number of urea groups is 1. The van der Waals surface area contributed by atoms with Crippen LogP contribution in [-0.4, -0.2) is 79.1 Å². The quantitative estimate of drug-likeness (QED) is 0.0451. The number of rotatable bonds is 20. The number of carbonyl (C=O) groups is 4. The van der Waals surface area contributed by atoms with E-state index in [1.807, 2.05) is 72.8 Å². The molecule has 14 heteroatoms. The number of aromatic nitrogens is 2. The van der Waals surface area contributed by atoms with Crippen LogP contribution in [-0.2, 0) is 40.4 Å². The third kappa shape index (κ3) is 11.9. The van der Waals surface area contributed by atoms with Crippen LogP contribution in [0, 0.1) is 5.82 Å². The Bertz CT molecular complexity index is 2600. The maximum Gasteiger partial charge on any atom is 0.334 e. The van der Waals surface area contributed by atoms with Gasteiger partial charge in [-0.25, -0.2) is 14.2 Å². The smallest absolute Gasteiger partial charge is 0.334 e. The number of esters is 1. The molecule has 2 aromatic heterocycles. The molecule has 4 amide bonds. The van der Waals surface area contributed by atoms with Gasteiger partial charge in [-0.15, -0.1) is 0 Å². The maximum absolute atomic E-state index is 14.9. The second-order valence-corrected chi connectivity index (χ2v) is 17.4. The monoisotopic (exact) mass is 907 g/mol. The van der Waals surface area contributed by atoms with Gasteiger partial charge in [-0.05, 0) is 71.6 Å². The summed E-state index contributed by atoms with van der Waals surface area (Å²) >= 11 is 0. The van der Waals surface area contributed by atoms with E-state index in [1.54, 1.807) is 51.3 Å². The van der Waals surface area contributed by atoms with Crippen LogP contribution in [0.4, 0.5) is 9.18 Å². The van der Waals surface area contributed by atoms with E-state index in [0.717, 1.165) is 46.9 Å². The molecule has 348 valence electrons. The first-order chi connectivity index (χ1) is 32.7. The summed E-state index contributed by atoms with van der Waals surface area (Å²) in [5.74, 6) is -0.493. The van der Waals surface area contributed by atoms with E-state index in [2.05, 4.69) is 22.4 Å². The van der Waals surface area contributed by atoms with Crippen molar-refractivity contribution < 1.29 is 32.8 Å². The van der Waals surface area contributed by atoms with Crippen molar-refractivity contribution in [3.63, 3.8) is 0 Å². The van der Waals surface area contributed by atoms with E-state index < -0.39 is 18.2 Å². The van der Waals surface area contributed by atoms with E-state index in [4.69, 9.17) is 9.26 Å². The van der Waals surface area contributed by atoms with E-state index >= 15 is 0 Å². The Labute approximate surface area is 390 Å². The predicted molar refractivity (Wildman–Crippen MR) is 252 cm³/mol. The Morgan fingerprint density at radius 1 is 0.806 bits per heavy atom. The minimum Gasteiger partial charge on any atom is -0.427 e. The first kappa shape index (κ1) is 46.6. The number of unbranched alkanes of at least 4 members (excludes halogenated alkanes) is 8. The molecule has 4 aromatic carbocycles. The summed E-state index contributed by atoms with van der Waals surface area (Å²) in [5.41, 5.74) is 4.39. The number of nitrogens with one attached hydrogen (secondary N) is 1. The van der Waals surface area contributed by atoms with Crippen molar-refractivity contribution in [1.82, 2.24) is 35.3 Å². The summed E-state index contributed by atoms with van der Waals surface area (Å²) in [6.45, 7) is 2.40. The number of piperazine rings is 1. The molecule has 0 unspecified atom stereocenters. The number of fused-ring (bicyclic) bond motifs is 2. The van der Waals surface area contributed by atoms with Gasteiger partial charge in [0.05, 0.1) is 25.2 Å². The predicted octanol–water partition coefficient (Wildman–Crippen LogP) is 9.61. The molecule has 1 N–H and O–H groups in total. The van der Waals surface area contributed by atoms with Crippen LogP contribution in [0.5, 0.6) is 5.75 Å². The van der Waals surface area contributed by atoms with Crippen LogP contribution in [0.3, 0.4) is 0 Å². The molecule has 0 radical (unpaired) electrons. The Balaban J connectivity index is 1.04. The van der Waals surface area contributed by atoms with Crippen molar-refractivity contribution in [1.29, 1.82) is 0 Å². The number of benzene rings is 4. The van der Waals surface area contributed by atoms with Crippen LogP contribution in [0.25, 0.3) is 22.2 Å². The van der Waals surface area contributed by atoms with Gasteiger partial charge < -0.3 is 24.4 Å². The summed E-state index contributed by atoms with van der Waals surface area (Å²) in [6.07, 6.45) is 11.7. The number of hydrogen-bond acceptors (Lipinski definition) is 9. The molecular formula is C53H58FN7O6.